The van der Waals surface area contributed by atoms with E-state index in [4.69, 9.17) is 4.74 Å². The van der Waals surface area contributed by atoms with Crippen LogP contribution in [0.2, 0.25) is 0 Å². The molecule has 1 heterocycles. The highest BCUT2D eigenvalue weighted by atomic mass is 127. The summed E-state index contributed by atoms with van der Waals surface area (Å²) in [6.07, 6.45) is 2.15. The van der Waals surface area contributed by atoms with Crippen LogP contribution >= 0.6 is 0 Å². The Morgan fingerprint density at radius 2 is 2.07 bits per heavy atom. The first-order valence-corrected chi connectivity index (χ1v) is 5.10. The second kappa shape index (κ2) is 5.89. The number of rotatable bonds is 2. The molecule has 1 aliphatic heterocycles. The molecule has 1 rings (SSSR count). The van der Waals surface area contributed by atoms with Gasteiger partial charge in [0.15, 0.2) is 0 Å². The fraction of sp³-hybridized carbons (Fsp3) is 0.900. The van der Waals surface area contributed by atoms with Crippen molar-refractivity contribution in [3.05, 3.63) is 0 Å². The number of amides is 1. The molecule has 0 unspecified atom stereocenters. The lowest BCUT2D eigenvalue weighted by Gasteiger charge is -2.31. The predicted molar refractivity (Wildman–Crippen MR) is 55.0 cm³/mol. The molecule has 0 radical (unpaired) electrons. The fourth-order valence-electron chi connectivity index (χ4n) is 1.85. The minimum atomic E-state index is -0.239. The summed E-state index contributed by atoms with van der Waals surface area (Å²) in [5.74, 6) is 0. The van der Waals surface area contributed by atoms with Crippen molar-refractivity contribution in [2.75, 3.05) is 41.3 Å². The Kier molecular flexibility index (Phi) is 5.87. The lowest BCUT2D eigenvalue weighted by molar-refractivity contribution is -0.902. The van der Waals surface area contributed by atoms with E-state index in [9.17, 15) is 4.79 Å². The zero-order valence-corrected chi connectivity index (χ0v) is 12.2. The molecule has 0 aliphatic carbocycles. The number of carbonyl (C=O) groups excluding carboxylic acids is 1. The summed E-state index contributed by atoms with van der Waals surface area (Å²) < 4.78 is 6.17. The summed E-state index contributed by atoms with van der Waals surface area (Å²) in [6, 6.07) is 0.471. The summed E-state index contributed by atoms with van der Waals surface area (Å²) in [5, 5.41) is 0. The van der Waals surface area contributed by atoms with Gasteiger partial charge in [-0.2, -0.15) is 0 Å². The molecule has 0 aromatic rings. The molecule has 90 valence electrons. The van der Waals surface area contributed by atoms with Gasteiger partial charge in [0.2, 0.25) is 0 Å². The second-order valence-electron chi connectivity index (χ2n) is 4.77. The van der Waals surface area contributed by atoms with Crippen molar-refractivity contribution in [2.45, 2.75) is 18.9 Å². The first kappa shape index (κ1) is 15.0. The van der Waals surface area contributed by atoms with Gasteiger partial charge in [-0.1, -0.05) is 0 Å². The second-order valence-corrected chi connectivity index (χ2v) is 4.77. The van der Waals surface area contributed by atoms with Gasteiger partial charge >= 0.3 is 6.09 Å². The van der Waals surface area contributed by atoms with Gasteiger partial charge in [0.05, 0.1) is 20.6 Å². The number of hydrogen-bond donors (Lipinski definition) is 0. The van der Waals surface area contributed by atoms with Crippen molar-refractivity contribution in [1.82, 2.24) is 4.90 Å². The minimum absolute atomic E-state index is 0. The third kappa shape index (κ3) is 4.14. The fourth-order valence-corrected chi connectivity index (χ4v) is 1.85. The van der Waals surface area contributed by atoms with Crippen molar-refractivity contribution in [2.24, 2.45) is 0 Å². The van der Waals surface area contributed by atoms with E-state index in [0.717, 1.165) is 10.9 Å². The number of nitrogens with zero attached hydrogens (tertiary/aromatic N) is 2. The highest BCUT2D eigenvalue weighted by Crippen LogP contribution is 2.22. The van der Waals surface area contributed by atoms with Crippen LogP contribution in [0, 0.1) is 0 Å². The van der Waals surface area contributed by atoms with Gasteiger partial charge in [-0.3, -0.25) is 0 Å². The van der Waals surface area contributed by atoms with Crippen molar-refractivity contribution in [3.8, 4) is 0 Å². The molecule has 0 saturated carbocycles. The summed E-state index contributed by atoms with van der Waals surface area (Å²) in [7, 11) is 7.80. The zero-order chi connectivity index (χ0) is 10.8. The minimum Gasteiger partial charge on any atom is -1.00 e. The van der Waals surface area contributed by atoms with Crippen molar-refractivity contribution >= 4 is 6.09 Å². The van der Waals surface area contributed by atoms with Crippen LogP contribution < -0.4 is 24.0 Å². The topological polar surface area (TPSA) is 29.5 Å². The molecule has 1 amide bonds. The van der Waals surface area contributed by atoms with Crippen LogP contribution in [0.1, 0.15) is 12.8 Å². The molecule has 15 heavy (non-hydrogen) atoms. The summed E-state index contributed by atoms with van der Waals surface area (Å²) in [6.45, 7) is 1.73. The monoisotopic (exact) mass is 328 g/mol. The van der Waals surface area contributed by atoms with Gasteiger partial charge in [0, 0.05) is 26.9 Å². The standard InChI is InChI=1S/C10H21N2O2.HI/c1-11(2)10(13)14-8-9-6-5-7-12(9,3)4;/h9H,5-8H2,1-4H3;1H/q+1;/p-1/t9-;/m0./s1. The molecule has 1 aliphatic rings. The SMILES string of the molecule is CN(C)C(=O)OC[C@@H]1CCC[N+]1(C)C.[I-]. The molecule has 5 heteroatoms. The van der Waals surface area contributed by atoms with Gasteiger partial charge in [-0.15, -0.1) is 0 Å². The molecule has 1 saturated heterocycles. The molecule has 1 fully saturated rings. The van der Waals surface area contributed by atoms with Crippen molar-refractivity contribution < 1.29 is 38.0 Å². The van der Waals surface area contributed by atoms with E-state index >= 15 is 0 Å². The van der Waals surface area contributed by atoms with Crippen molar-refractivity contribution in [3.63, 3.8) is 0 Å². The Bertz CT molecular complexity index is 219. The van der Waals surface area contributed by atoms with E-state index in [0.29, 0.717) is 12.6 Å². The quantitative estimate of drug-likeness (QED) is 0.431. The number of quaternary nitrogens is 1. The Labute approximate surface area is 109 Å². The van der Waals surface area contributed by atoms with E-state index in [2.05, 4.69) is 14.1 Å². The van der Waals surface area contributed by atoms with Crippen LogP contribution in [0.5, 0.6) is 0 Å². The van der Waals surface area contributed by atoms with E-state index < -0.39 is 0 Å². The van der Waals surface area contributed by atoms with Crippen LogP contribution in [-0.4, -0.2) is 62.9 Å². The predicted octanol–water partition coefficient (Wildman–Crippen LogP) is -2.07. The highest BCUT2D eigenvalue weighted by molar-refractivity contribution is 5.66. The maximum absolute atomic E-state index is 11.2. The van der Waals surface area contributed by atoms with E-state index in [1.165, 1.54) is 17.9 Å². The molecule has 4 nitrogen and oxygen atoms in total. The molecule has 0 bridgehead atoms. The van der Waals surface area contributed by atoms with Gasteiger partial charge in [-0.05, 0) is 0 Å². The first-order chi connectivity index (χ1) is 6.43. The number of hydrogen-bond acceptors (Lipinski definition) is 2. The summed E-state index contributed by atoms with van der Waals surface area (Å²) in [4.78, 5) is 12.7. The van der Waals surface area contributed by atoms with Gasteiger partial charge in [0.1, 0.15) is 12.6 Å². The normalized spacial score (nSPS) is 23.1. The summed E-state index contributed by atoms with van der Waals surface area (Å²) in [5.41, 5.74) is 0. The van der Waals surface area contributed by atoms with Crippen molar-refractivity contribution in [1.29, 1.82) is 0 Å². The average Bonchev–Trinajstić information content (AvgIpc) is 2.40. The van der Waals surface area contributed by atoms with Crippen LogP contribution in [0.25, 0.3) is 0 Å². The van der Waals surface area contributed by atoms with Gasteiger partial charge in [-0.25, -0.2) is 4.79 Å². The highest BCUT2D eigenvalue weighted by Gasteiger charge is 2.34. The zero-order valence-electron chi connectivity index (χ0n) is 9.99. The third-order valence-electron chi connectivity index (χ3n) is 3.02. The Hall–Kier alpha value is -0.0400. The molecular weight excluding hydrogens is 307 g/mol. The number of likely N-dealkylation sites (tertiary alicyclic amines) is 1. The number of halogens is 1. The number of ether oxygens (including phenoxy) is 1. The summed E-state index contributed by atoms with van der Waals surface area (Å²) >= 11 is 0. The van der Waals surface area contributed by atoms with E-state index in [1.807, 2.05) is 0 Å². The Morgan fingerprint density at radius 1 is 1.47 bits per heavy atom. The van der Waals surface area contributed by atoms with Gasteiger partial charge < -0.3 is 38.1 Å². The van der Waals surface area contributed by atoms with Crippen LogP contribution in [0.15, 0.2) is 0 Å². The lowest BCUT2D eigenvalue weighted by Crippen LogP contribution is -3.00. The van der Waals surface area contributed by atoms with Crippen LogP contribution in [-0.2, 0) is 4.74 Å². The number of likely N-dealkylation sites (N-methyl/N-ethyl adjacent to an activating group) is 1. The first-order valence-electron chi connectivity index (χ1n) is 5.10. The molecule has 0 aromatic heterocycles. The molecule has 0 N–H and O–H groups in total. The Balaban J connectivity index is 0.00000196. The van der Waals surface area contributed by atoms with Crippen LogP contribution in [0.3, 0.4) is 0 Å². The van der Waals surface area contributed by atoms with E-state index in [1.54, 1.807) is 14.1 Å². The molecule has 0 aromatic carbocycles. The average molecular weight is 328 g/mol. The third-order valence-corrected chi connectivity index (χ3v) is 3.02. The lowest BCUT2D eigenvalue weighted by atomic mass is 10.2. The Morgan fingerprint density at radius 3 is 2.47 bits per heavy atom. The van der Waals surface area contributed by atoms with Gasteiger partial charge in [0.25, 0.3) is 0 Å². The molecule has 1 atom stereocenters. The smallest absolute Gasteiger partial charge is 0.409 e. The number of carbonyl (C=O) groups is 1. The maximum atomic E-state index is 11.2. The molecular formula is C10H21IN2O2. The maximum Gasteiger partial charge on any atom is 0.409 e. The molecule has 0 spiro atoms. The van der Waals surface area contributed by atoms with E-state index in [-0.39, 0.29) is 30.1 Å². The van der Waals surface area contributed by atoms with Crippen LogP contribution in [0.4, 0.5) is 4.79 Å². The largest absolute Gasteiger partial charge is 1.00 e.